The Labute approximate surface area is 273 Å². The average Bonchev–Trinajstić information content (AvgIpc) is 3.09. The van der Waals surface area contributed by atoms with Crippen LogP contribution in [0.15, 0.2) is 73.1 Å². The first-order valence-corrected chi connectivity index (χ1v) is 15.1. The van der Waals surface area contributed by atoms with Gasteiger partial charge < -0.3 is 23.8 Å². The zero-order valence-corrected chi connectivity index (χ0v) is 27.7. The van der Waals surface area contributed by atoms with Crippen LogP contribution in [-0.4, -0.2) is 41.5 Å². The minimum atomic E-state index is 0.632. The van der Waals surface area contributed by atoms with E-state index in [1.165, 1.54) is 5.69 Å². The van der Waals surface area contributed by atoms with Gasteiger partial charge in [-0.25, -0.2) is 4.57 Å². The van der Waals surface area contributed by atoms with Crippen LogP contribution >= 0.6 is 0 Å². The van der Waals surface area contributed by atoms with Crippen LogP contribution in [0.4, 0.5) is 5.69 Å². The van der Waals surface area contributed by atoms with Crippen molar-refractivity contribution >= 4 is 30.0 Å². The first-order valence-electron chi connectivity index (χ1n) is 15.1. The summed E-state index contributed by atoms with van der Waals surface area (Å²) in [5.74, 6) is 14.8. The minimum absolute atomic E-state index is 0.632. The lowest BCUT2D eigenvalue weighted by atomic mass is 10.1. The number of methoxy groups -OCH3 is 4. The highest BCUT2D eigenvalue weighted by Gasteiger charge is 2.10. The molecule has 0 saturated heterocycles. The number of pyridine rings is 1. The Morgan fingerprint density at radius 3 is 1.43 bits per heavy atom. The van der Waals surface area contributed by atoms with Gasteiger partial charge in [-0.2, -0.15) is 0 Å². The van der Waals surface area contributed by atoms with E-state index in [1.807, 2.05) is 78.6 Å². The van der Waals surface area contributed by atoms with Gasteiger partial charge in [0, 0.05) is 54.2 Å². The van der Waals surface area contributed by atoms with Gasteiger partial charge in [0.05, 0.1) is 39.6 Å². The Morgan fingerprint density at radius 2 is 1.02 bits per heavy atom. The van der Waals surface area contributed by atoms with Crippen molar-refractivity contribution in [1.82, 2.24) is 0 Å². The number of ether oxygens (including phenoxy) is 4. The molecule has 0 aliphatic rings. The number of rotatable bonds is 11. The zero-order chi connectivity index (χ0) is 32.9. The first kappa shape index (κ1) is 33.3. The fraction of sp³-hybridized carbons (Fsp3) is 0.225. The van der Waals surface area contributed by atoms with Crippen LogP contribution in [0.5, 0.6) is 23.0 Å². The monoisotopic (exact) mass is 613 g/mol. The molecule has 1 heterocycles. The summed E-state index contributed by atoms with van der Waals surface area (Å²) in [6.45, 7) is 6.28. The number of benzene rings is 3. The maximum absolute atomic E-state index is 5.70. The molecule has 0 spiro atoms. The Balaban J connectivity index is 1.56. The molecule has 0 N–H and O–H groups in total. The normalized spacial score (nSPS) is 10.6. The highest BCUT2D eigenvalue weighted by atomic mass is 16.5. The molecular weight excluding hydrogens is 572 g/mol. The van der Waals surface area contributed by atoms with Gasteiger partial charge >= 0.3 is 0 Å². The van der Waals surface area contributed by atoms with E-state index >= 15 is 0 Å². The molecule has 6 heteroatoms. The maximum Gasteiger partial charge on any atom is 0.169 e. The number of aromatic nitrogens is 1. The second-order valence-electron chi connectivity index (χ2n) is 10.3. The average molecular weight is 614 g/mol. The summed E-state index contributed by atoms with van der Waals surface area (Å²) in [6, 6.07) is 20.2. The fourth-order valence-corrected chi connectivity index (χ4v) is 4.88. The Bertz CT molecular complexity index is 1810. The molecule has 4 aromatic rings. The second kappa shape index (κ2) is 16.5. The molecule has 0 radical (unpaired) electrons. The number of hydrogen-bond donors (Lipinski definition) is 0. The van der Waals surface area contributed by atoms with E-state index in [-0.39, 0.29) is 0 Å². The molecule has 0 fully saturated rings. The molecule has 0 saturated carbocycles. The summed E-state index contributed by atoms with van der Waals surface area (Å²) < 4.78 is 24.7. The van der Waals surface area contributed by atoms with E-state index in [2.05, 4.69) is 72.8 Å². The Kier molecular flexibility index (Phi) is 11.9. The lowest BCUT2D eigenvalue weighted by Crippen LogP contribution is -2.25. The molecule has 234 valence electrons. The van der Waals surface area contributed by atoms with E-state index in [1.54, 1.807) is 28.4 Å². The van der Waals surface area contributed by atoms with E-state index in [0.717, 1.165) is 35.3 Å². The van der Waals surface area contributed by atoms with Gasteiger partial charge in [-0.15, -0.1) is 0 Å². The topological polar surface area (TPSA) is 44.0 Å². The highest BCUT2D eigenvalue weighted by molar-refractivity contribution is 5.76. The molecule has 6 nitrogen and oxygen atoms in total. The number of anilines is 1. The molecule has 3 aromatic carbocycles. The molecule has 4 rings (SSSR count). The summed E-state index contributed by atoms with van der Waals surface area (Å²) in [7, 11) is 8.52. The van der Waals surface area contributed by atoms with Gasteiger partial charge in [0.1, 0.15) is 30.0 Å². The van der Waals surface area contributed by atoms with Gasteiger partial charge in [-0.05, 0) is 72.9 Å². The quantitative estimate of drug-likeness (QED) is 0.102. The second-order valence-corrected chi connectivity index (χ2v) is 10.3. The van der Waals surface area contributed by atoms with Crippen molar-refractivity contribution in [3.8, 4) is 46.7 Å². The van der Waals surface area contributed by atoms with E-state index in [0.29, 0.717) is 34.1 Å². The maximum atomic E-state index is 5.70. The SMILES string of the molecule is CCN(CC)c1ccc(/C=C/c2cc(OC)c(C#CC#Cc3cc(OC)c(/C=C/c4cc[n+](C)cc4)cc3OC)cc2OC)cc1. The number of aryl methyl sites for hydroxylation is 1. The largest absolute Gasteiger partial charge is 0.496 e. The van der Waals surface area contributed by atoms with Crippen LogP contribution in [0.1, 0.15) is 47.2 Å². The molecular formula is C40H41N2O4+. The van der Waals surface area contributed by atoms with Gasteiger partial charge in [0.2, 0.25) is 0 Å². The summed E-state index contributed by atoms with van der Waals surface area (Å²) >= 11 is 0. The predicted molar refractivity (Wildman–Crippen MR) is 188 cm³/mol. The summed E-state index contributed by atoms with van der Waals surface area (Å²) in [4.78, 5) is 2.32. The van der Waals surface area contributed by atoms with Gasteiger partial charge in [-0.3, -0.25) is 0 Å². The van der Waals surface area contributed by atoms with Gasteiger partial charge in [0.15, 0.2) is 12.4 Å². The zero-order valence-electron chi connectivity index (χ0n) is 27.7. The van der Waals surface area contributed by atoms with Crippen LogP contribution < -0.4 is 28.4 Å². The van der Waals surface area contributed by atoms with Crippen LogP contribution in [-0.2, 0) is 7.05 Å². The van der Waals surface area contributed by atoms with Crippen LogP contribution in [0, 0.1) is 23.7 Å². The van der Waals surface area contributed by atoms with Crippen molar-refractivity contribution in [1.29, 1.82) is 0 Å². The molecule has 0 aliphatic carbocycles. The third-order valence-corrected chi connectivity index (χ3v) is 7.50. The summed E-state index contributed by atoms with van der Waals surface area (Å²) in [5.41, 5.74) is 6.50. The first-order chi connectivity index (χ1) is 22.4. The third kappa shape index (κ3) is 8.52. The molecule has 0 aliphatic heterocycles. The molecule has 0 amide bonds. The number of hydrogen-bond acceptors (Lipinski definition) is 5. The van der Waals surface area contributed by atoms with Crippen molar-refractivity contribution in [2.45, 2.75) is 13.8 Å². The molecule has 1 aromatic heterocycles. The van der Waals surface area contributed by atoms with Crippen molar-refractivity contribution < 1.29 is 23.5 Å². The van der Waals surface area contributed by atoms with Crippen molar-refractivity contribution in [2.75, 3.05) is 46.4 Å². The van der Waals surface area contributed by atoms with Crippen LogP contribution in [0.2, 0.25) is 0 Å². The molecule has 46 heavy (non-hydrogen) atoms. The van der Waals surface area contributed by atoms with E-state index in [9.17, 15) is 0 Å². The van der Waals surface area contributed by atoms with Gasteiger partial charge in [-0.1, -0.05) is 36.4 Å². The van der Waals surface area contributed by atoms with Crippen molar-refractivity contribution in [3.63, 3.8) is 0 Å². The summed E-state index contributed by atoms with van der Waals surface area (Å²) in [5, 5.41) is 0. The van der Waals surface area contributed by atoms with E-state index < -0.39 is 0 Å². The smallest absolute Gasteiger partial charge is 0.169 e. The third-order valence-electron chi connectivity index (χ3n) is 7.50. The highest BCUT2D eigenvalue weighted by Crippen LogP contribution is 2.31. The Hall–Kier alpha value is -5.59. The van der Waals surface area contributed by atoms with Crippen LogP contribution in [0.25, 0.3) is 24.3 Å². The number of nitrogens with zero attached hydrogens (tertiary/aromatic N) is 2. The fourth-order valence-electron chi connectivity index (χ4n) is 4.88. The van der Waals surface area contributed by atoms with Crippen molar-refractivity contribution in [3.05, 3.63) is 106 Å². The molecule has 0 atom stereocenters. The lowest BCUT2D eigenvalue weighted by Gasteiger charge is -2.20. The minimum Gasteiger partial charge on any atom is -0.496 e. The van der Waals surface area contributed by atoms with E-state index in [4.69, 9.17) is 18.9 Å². The predicted octanol–water partition coefficient (Wildman–Crippen LogP) is 7.14. The summed E-state index contributed by atoms with van der Waals surface area (Å²) in [6.07, 6.45) is 12.1. The van der Waals surface area contributed by atoms with Gasteiger partial charge in [0.25, 0.3) is 0 Å². The lowest BCUT2D eigenvalue weighted by molar-refractivity contribution is -0.671. The molecule has 0 bridgehead atoms. The van der Waals surface area contributed by atoms with Crippen LogP contribution in [0.3, 0.4) is 0 Å². The standard InChI is InChI=1S/C40H41N2O4/c1-8-42(9-2)36-20-16-30(17-21-36)14-18-34-28-37(43-4)32(26-39(34)45-6)12-10-11-13-33-27-40(46-7)35(29-38(33)44-5)19-15-31-22-24-41(3)25-23-31/h14-29H,8-9H2,1-7H3/q+1. The van der Waals surface area contributed by atoms with Crippen molar-refractivity contribution in [2.24, 2.45) is 7.05 Å². The molecule has 0 unspecified atom stereocenters. The Morgan fingerprint density at radius 1 is 0.587 bits per heavy atom.